The fourth-order valence-electron chi connectivity index (χ4n) is 4.22. The van der Waals surface area contributed by atoms with Crippen LogP contribution >= 0.6 is 0 Å². The predicted molar refractivity (Wildman–Crippen MR) is 82.3 cm³/mol. The number of nitrogens with two attached hydrogens (primary N) is 1. The molecule has 2 rings (SSSR count). The SMILES string of the molecule is CC(C)CN(C(C)C)C1(CN)CCN2CCCC2C1. The lowest BCUT2D eigenvalue weighted by Gasteiger charge is -2.52. The van der Waals surface area contributed by atoms with Gasteiger partial charge in [-0.1, -0.05) is 13.8 Å². The number of hydrogen-bond acceptors (Lipinski definition) is 3. The topological polar surface area (TPSA) is 32.5 Å². The van der Waals surface area contributed by atoms with Gasteiger partial charge in [-0.05, 0) is 52.0 Å². The molecule has 3 nitrogen and oxygen atoms in total. The van der Waals surface area contributed by atoms with Crippen molar-refractivity contribution in [2.75, 3.05) is 26.2 Å². The minimum atomic E-state index is 0.254. The zero-order valence-electron chi connectivity index (χ0n) is 13.4. The molecule has 0 aromatic heterocycles. The number of rotatable bonds is 5. The molecule has 2 unspecified atom stereocenters. The summed E-state index contributed by atoms with van der Waals surface area (Å²) in [7, 11) is 0. The maximum atomic E-state index is 6.28. The Morgan fingerprint density at radius 2 is 2.00 bits per heavy atom. The summed E-state index contributed by atoms with van der Waals surface area (Å²) in [6, 6.07) is 1.39. The average Bonchev–Trinajstić information content (AvgIpc) is 2.82. The minimum absolute atomic E-state index is 0.254. The molecular formula is C16H33N3. The van der Waals surface area contributed by atoms with Gasteiger partial charge in [-0.15, -0.1) is 0 Å². The molecule has 2 fully saturated rings. The van der Waals surface area contributed by atoms with Crippen molar-refractivity contribution in [1.29, 1.82) is 0 Å². The van der Waals surface area contributed by atoms with Gasteiger partial charge in [-0.25, -0.2) is 0 Å². The van der Waals surface area contributed by atoms with Crippen LogP contribution in [0.3, 0.4) is 0 Å². The molecule has 0 aromatic rings. The van der Waals surface area contributed by atoms with Crippen molar-refractivity contribution in [3.63, 3.8) is 0 Å². The zero-order chi connectivity index (χ0) is 14.0. The van der Waals surface area contributed by atoms with Gasteiger partial charge in [0, 0.05) is 37.3 Å². The largest absolute Gasteiger partial charge is 0.329 e. The molecule has 0 amide bonds. The summed E-state index contributed by atoms with van der Waals surface area (Å²) in [5.74, 6) is 0.715. The van der Waals surface area contributed by atoms with E-state index < -0.39 is 0 Å². The highest BCUT2D eigenvalue weighted by atomic mass is 15.3. The lowest BCUT2D eigenvalue weighted by Crippen LogP contribution is -2.63. The van der Waals surface area contributed by atoms with Gasteiger partial charge in [-0.2, -0.15) is 0 Å². The van der Waals surface area contributed by atoms with E-state index in [2.05, 4.69) is 37.5 Å². The lowest BCUT2D eigenvalue weighted by molar-refractivity contribution is -0.0153. The third-order valence-corrected chi connectivity index (χ3v) is 5.15. The van der Waals surface area contributed by atoms with Gasteiger partial charge in [0.25, 0.3) is 0 Å². The molecule has 0 spiro atoms. The molecule has 0 bridgehead atoms. The van der Waals surface area contributed by atoms with E-state index in [1.807, 2.05) is 0 Å². The van der Waals surface area contributed by atoms with Crippen LogP contribution in [-0.4, -0.2) is 53.6 Å². The van der Waals surface area contributed by atoms with Crippen molar-refractivity contribution in [1.82, 2.24) is 9.80 Å². The summed E-state index contributed by atoms with van der Waals surface area (Å²) >= 11 is 0. The van der Waals surface area contributed by atoms with Crippen LogP contribution in [0, 0.1) is 5.92 Å². The summed E-state index contributed by atoms with van der Waals surface area (Å²) in [6.45, 7) is 13.9. The van der Waals surface area contributed by atoms with Gasteiger partial charge in [-0.3, -0.25) is 4.90 Å². The van der Waals surface area contributed by atoms with Gasteiger partial charge in [0.15, 0.2) is 0 Å². The van der Waals surface area contributed by atoms with Crippen LogP contribution in [0.5, 0.6) is 0 Å². The summed E-state index contributed by atoms with van der Waals surface area (Å²) < 4.78 is 0. The van der Waals surface area contributed by atoms with Gasteiger partial charge < -0.3 is 10.6 Å². The van der Waals surface area contributed by atoms with Gasteiger partial charge in [0.05, 0.1) is 0 Å². The molecule has 112 valence electrons. The molecule has 2 aliphatic rings. The molecule has 2 atom stereocenters. The van der Waals surface area contributed by atoms with Crippen LogP contribution in [0.1, 0.15) is 53.4 Å². The summed E-state index contributed by atoms with van der Waals surface area (Å²) in [6.07, 6.45) is 5.31. The van der Waals surface area contributed by atoms with Crippen molar-refractivity contribution in [3.05, 3.63) is 0 Å². The number of hydrogen-bond donors (Lipinski definition) is 1. The zero-order valence-corrected chi connectivity index (χ0v) is 13.4. The molecule has 2 aliphatic heterocycles. The van der Waals surface area contributed by atoms with E-state index in [1.165, 1.54) is 45.3 Å². The van der Waals surface area contributed by atoms with Crippen molar-refractivity contribution in [2.24, 2.45) is 11.7 Å². The van der Waals surface area contributed by atoms with E-state index in [-0.39, 0.29) is 5.54 Å². The van der Waals surface area contributed by atoms with E-state index >= 15 is 0 Å². The second kappa shape index (κ2) is 6.11. The van der Waals surface area contributed by atoms with Crippen molar-refractivity contribution in [3.8, 4) is 0 Å². The first-order valence-corrected chi connectivity index (χ1v) is 8.19. The van der Waals surface area contributed by atoms with Crippen LogP contribution in [0.4, 0.5) is 0 Å². The van der Waals surface area contributed by atoms with Crippen LogP contribution in [-0.2, 0) is 0 Å². The molecule has 0 aliphatic carbocycles. The van der Waals surface area contributed by atoms with Gasteiger partial charge in [0.1, 0.15) is 0 Å². The highest BCUT2D eigenvalue weighted by molar-refractivity contribution is 5.02. The smallest absolute Gasteiger partial charge is 0.0361 e. The third kappa shape index (κ3) is 3.14. The first-order chi connectivity index (χ1) is 8.98. The molecule has 3 heteroatoms. The second-order valence-electron chi connectivity index (χ2n) is 7.35. The predicted octanol–water partition coefficient (Wildman–Crippen LogP) is 2.31. The Morgan fingerprint density at radius 3 is 2.58 bits per heavy atom. The Hall–Kier alpha value is -0.120. The van der Waals surface area contributed by atoms with Crippen LogP contribution in [0.15, 0.2) is 0 Å². The summed E-state index contributed by atoms with van der Waals surface area (Å²) in [4.78, 5) is 5.41. The lowest BCUT2D eigenvalue weighted by atomic mass is 9.80. The molecule has 2 heterocycles. The number of nitrogens with zero attached hydrogens (tertiary/aromatic N) is 2. The molecule has 0 saturated carbocycles. The quantitative estimate of drug-likeness (QED) is 0.829. The van der Waals surface area contributed by atoms with E-state index in [4.69, 9.17) is 5.73 Å². The normalized spacial score (nSPS) is 32.5. The fraction of sp³-hybridized carbons (Fsp3) is 1.00. The highest BCUT2D eigenvalue weighted by Gasteiger charge is 2.44. The Bertz CT molecular complexity index is 290. The molecule has 19 heavy (non-hydrogen) atoms. The highest BCUT2D eigenvalue weighted by Crippen LogP contribution is 2.37. The van der Waals surface area contributed by atoms with E-state index in [0.717, 1.165) is 12.6 Å². The monoisotopic (exact) mass is 267 g/mol. The molecule has 0 radical (unpaired) electrons. The number of piperidine rings is 1. The van der Waals surface area contributed by atoms with E-state index in [0.29, 0.717) is 12.0 Å². The Labute approximate surface area is 119 Å². The van der Waals surface area contributed by atoms with Gasteiger partial charge in [0.2, 0.25) is 0 Å². The molecule has 2 saturated heterocycles. The maximum Gasteiger partial charge on any atom is 0.0361 e. The summed E-state index contributed by atoms with van der Waals surface area (Å²) in [5.41, 5.74) is 6.53. The van der Waals surface area contributed by atoms with Crippen LogP contribution in [0.2, 0.25) is 0 Å². The van der Waals surface area contributed by atoms with Crippen molar-refractivity contribution >= 4 is 0 Å². The standard InChI is InChI=1S/C16H33N3/c1-13(2)11-19(14(3)4)16(12-17)7-9-18-8-5-6-15(18)10-16/h13-15H,5-12,17H2,1-4H3. The molecule has 0 aromatic carbocycles. The number of fused-ring (bicyclic) bond motifs is 1. The van der Waals surface area contributed by atoms with E-state index in [1.54, 1.807) is 0 Å². The Kier molecular flexibility index (Phi) is 4.91. The van der Waals surface area contributed by atoms with Crippen molar-refractivity contribution < 1.29 is 0 Å². The Balaban J connectivity index is 2.15. The minimum Gasteiger partial charge on any atom is -0.329 e. The first-order valence-electron chi connectivity index (χ1n) is 8.19. The van der Waals surface area contributed by atoms with Crippen LogP contribution in [0.25, 0.3) is 0 Å². The van der Waals surface area contributed by atoms with E-state index in [9.17, 15) is 0 Å². The fourth-order valence-corrected chi connectivity index (χ4v) is 4.22. The first kappa shape index (κ1) is 15.3. The molecular weight excluding hydrogens is 234 g/mol. The van der Waals surface area contributed by atoms with Crippen LogP contribution < -0.4 is 5.73 Å². The molecule has 2 N–H and O–H groups in total. The summed E-state index contributed by atoms with van der Waals surface area (Å²) in [5, 5.41) is 0. The third-order valence-electron chi connectivity index (χ3n) is 5.15. The van der Waals surface area contributed by atoms with Crippen molar-refractivity contribution in [2.45, 2.75) is 71.0 Å². The van der Waals surface area contributed by atoms with Gasteiger partial charge >= 0.3 is 0 Å². The Morgan fingerprint density at radius 1 is 1.26 bits per heavy atom. The maximum absolute atomic E-state index is 6.28. The second-order valence-corrected chi connectivity index (χ2v) is 7.35. The average molecular weight is 267 g/mol.